The van der Waals surface area contributed by atoms with Crippen LogP contribution in [0.25, 0.3) is 0 Å². The summed E-state index contributed by atoms with van der Waals surface area (Å²) in [5.41, 5.74) is 6.12. The van der Waals surface area contributed by atoms with Gasteiger partial charge in [0.05, 0.1) is 7.11 Å². The van der Waals surface area contributed by atoms with Crippen LogP contribution in [-0.4, -0.2) is 17.1 Å². The van der Waals surface area contributed by atoms with Crippen molar-refractivity contribution in [2.45, 2.75) is 0 Å². The minimum Gasteiger partial charge on any atom is -0.494 e. The van der Waals surface area contributed by atoms with E-state index in [9.17, 15) is 4.39 Å². The van der Waals surface area contributed by atoms with Gasteiger partial charge >= 0.3 is 0 Å². The number of anilines is 3. The number of nitrogen functional groups attached to an aromatic ring is 1. The standard InChI is InChI=1S/C11H10ClFN4O/c1-18-8-4-6(2-3-7(8)13)17-11-9(12)10(14)15-5-16-11/h2-5H,1H3,(H3,14,15,16,17). The quantitative estimate of drug-likeness (QED) is 0.895. The van der Waals surface area contributed by atoms with E-state index in [0.29, 0.717) is 11.5 Å². The minimum atomic E-state index is -0.448. The maximum atomic E-state index is 13.2. The molecule has 2 rings (SSSR count). The molecule has 0 aliphatic rings. The summed E-state index contributed by atoms with van der Waals surface area (Å²) in [6.07, 6.45) is 1.28. The first-order valence-electron chi connectivity index (χ1n) is 4.98. The van der Waals surface area contributed by atoms with Crippen molar-refractivity contribution in [3.63, 3.8) is 0 Å². The smallest absolute Gasteiger partial charge is 0.165 e. The van der Waals surface area contributed by atoms with Gasteiger partial charge in [0.2, 0.25) is 0 Å². The van der Waals surface area contributed by atoms with Gasteiger partial charge in [0.25, 0.3) is 0 Å². The second-order valence-electron chi connectivity index (χ2n) is 3.40. The molecule has 3 N–H and O–H groups in total. The number of nitrogens with one attached hydrogen (secondary N) is 1. The highest BCUT2D eigenvalue weighted by Gasteiger charge is 2.08. The fourth-order valence-corrected chi connectivity index (χ4v) is 1.49. The highest BCUT2D eigenvalue weighted by Crippen LogP contribution is 2.28. The van der Waals surface area contributed by atoms with Crippen LogP contribution in [0.15, 0.2) is 24.5 Å². The molecule has 0 fully saturated rings. The van der Waals surface area contributed by atoms with E-state index in [1.54, 1.807) is 0 Å². The van der Waals surface area contributed by atoms with E-state index >= 15 is 0 Å². The zero-order valence-electron chi connectivity index (χ0n) is 9.45. The van der Waals surface area contributed by atoms with Crippen molar-refractivity contribution in [2.24, 2.45) is 0 Å². The summed E-state index contributed by atoms with van der Waals surface area (Å²) < 4.78 is 18.1. The van der Waals surface area contributed by atoms with E-state index in [4.69, 9.17) is 22.1 Å². The number of nitrogens with two attached hydrogens (primary N) is 1. The lowest BCUT2D eigenvalue weighted by atomic mass is 10.3. The highest BCUT2D eigenvalue weighted by atomic mass is 35.5. The molecule has 0 saturated heterocycles. The summed E-state index contributed by atoms with van der Waals surface area (Å²) >= 11 is 5.93. The Kier molecular flexibility index (Phi) is 3.47. The first-order valence-corrected chi connectivity index (χ1v) is 5.36. The van der Waals surface area contributed by atoms with Crippen molar-refractivity contribution in [3.8, 4) is 5.75 Å². The van der Waals surface area contributed by atoms with Crippen molar-refractivity contribution in [2.75, 3.05) is 18.2 Å². The van der Waals surface area contributed by atoms with Gasteiger partial charge in [-0.05, 0) is 12.1 Å². The van der Waals surface area contributed by atoms with Crippen LogP contribution >= 0.6 is 11.6 Å². The molecule has 0 bridgehead atoms. The van der Waals surface area contributed by atoms with Crippen LogP contribution < -0.4 is 15.8 Å². The van der Waals surface area contributed by atoms with Crippen molar-refractivity contribution < 1.29 is 9.13 Å². The van der Waals surface area contributed by atoms with Crippen LogP contribution in [0.1, 0.15) is 0 Å². The van der Waals surface area contributed by atoms with Crippen LogP contribution in [-0.2, 0) is 0 Å². The Morgan fingerprint density at radius 1 is 1.39 bits per heavy atom. The molecule has 2 aromatic rings. The number of methoxy groups -OCH3 is 1. The SMILES string of the molecule is COc1cc(Nc2ncnc(N)c2Cl)ccc1F. The molecule has 0 unspecified atom stereocenters. The molecular formula is C11H10ClFN4O. The Hall–Kier alpha value is -2.08. The Labute approximate surface area is 108 Å². The molecule has 0 aliphatic heterocycles. The van der Waals surface area contributed by atoms with Crippen LogP contribution in [0.3, 0.4) is 0 Å². The van der Waals surface area contributed by atoms with Gasteiger partial charge in [-0.2, -0.15) is 0 Å². The van der Waals surface area contributed by atoms with E-state index in [-0.39, 0.29) is 16.6 Å². The van der Waals surface area contributed by atoms with E-state index in [1.807, 2.05) is 0 Å². The number of nitrogens with zero attached hydrogens (tertiary/aromatic N) is 2. The second-order valence-corrected chi connectivity index (χ2v) is 3.77. The summed E-state index contributed by atoms with van der Waals surface area (Å²) in [6, 6.07) is 4.30. The zero-order valence-corrected chi connectivity index (χ0v) is 10.2. The summed E-state index contributed by atoms with van der Waals surface area (Å²) in [6.45, 7) is 0. The molecule has 18 heavy (non-hydrogen) atoms. The molecule has 94 valence electrons. The van der Waals surface area contributed by atoms with Gasteiger partial charge in [-0.3, -0.25) is 0 Å². The number of rotatable bonds is 3. The van der Waals surface area contributed by atoms with Crippen LogP contribution in [0.2, 0.25) is 5.02 Å². The Bertz CT molecular complexity index is 579. The molecule has 5 nitrogen and oxygen atoms in total. The summed E-state index contributed by atoms with van der Waals surface area (Å²) in [4.78, 5) is 7.68. The number of benzene rings is 1. The molecule has 0 spiro atoms. The summed E-state index contributed by atoms with van der Waals surface area (Å²) in [7, 11) is 1.39. The number of hydrogen-bond acceptors (Lipinski definition) is 5. The maximum absolute atomic E-state index is 13.2. The lowest BCUT2D eigenvalue weighted by Crippen LogP contribution is -2.00. The van der Waals surface area contributed by atoms with Crippen molar-refractivity contribution >= 4 is 28.9 Å². The third-order valence-corrected chi connectivity index (χ3v) is 2.60. The normalized spacial score (nSPS) is 10.2. The molecule has 1 aromatic carbocycles. The van der Waals surface area contributed by atoms with Gasteiger partial charge < -0.3 is 15.8 Å². The third-order valence-electron chi connectivity index (χ3n) is 2.23. The number of hydrogen-bond donors (Lipinski definition) is 2. The number of aromatic nitrogens is 2. The predicted octanol–water partition coefficient (Wildman–Crippen LogP) is 2.60. The Morgan fingerprint density at radius 3 is 2.89 bits per heavy atom. The first-order chi connectivity index (χ1) is 8.61. The average molecular weight is 269 g/mol. The highest BCUT2D eigenvalue weighted by molar-refractivity contribution is 6.35. The van der Waals surface area contributed by atoms with E-state index in [1.165, 1.54) is 31.6 Å². The molecule has 7 heteroatoms. The molecule has 0 aliphatic carbocycles. The van der Waals surface area contributed by atoms with Crippen LogP contribution in [0.4, 0.5) is 21.7 Å². The summed E-state index contributed by atoms with van der Waals surface area (Å²) in [5, 5.41) is 3.11. The van der Waals surface area contributed by atoms with E-state index in [0.717, 1.165) is 0 Å². The fraction of sp³-hybridized carbons (Fsp3) is 0.0909. The second kappa shape index (κ2) is 5.05. The first kappa shape index (κ1) is 12.4. The van der Waals surface area contributed by atoms with Crippen molar-refractivity contribution in [3.05, 3.63) is 35.4 Å². The Balaban J connectivity index is 2.31. The molecule has 0 amide bonds. The molecule has 1 heterocycles. The lowest BCUT2D eigenvalue weighted by molar-refractivity contribution is 0.387. The van der Waals surface area contributed by atoms with Gasteiger partial charge in [-0.25, -0.2) is 14.4 Å². The Morgan fingerprint density at radius 2 is 2.17 bits per heavy atom. The van der Waals surface area contributed by atoms with Crippen molar-refractivity contribution in [1.82, 2.24) is 9.97 Å². The molecule has 1 aromatic heterocycles. The topological polar surface area (TPSA) is 73.1 Å². The lowest BCUT2D eigenvalue weighted by Gasteiger charge is -2.09. The van der Waals surface area contributed by atoms with Gasteiger partial charge in [-0.15, -0.1) is 0 Å². The molecular weight excluding hydrogens is 259 g/mol. The largest absolute Gasteiger partial charge is 0.494 e. The number of ether oxygens (including phenoxy) is 1. The third kappa shape index (κ3) is 2.43. The van der Waals surface area contributed by atoms with E-state index in [2.05, 4.69) is 15.3 Å². The van der Waals surface area contributed by atoms with Gasteiger partial charge in [0, 0.05) is 11.8 Å². The molecule has 0 saturated carbocycles. The minimum absolute atomic E-state index is 0.123. The molecule has 0 radical (unpaired) electrons. The predicted molar refractivity (Wildman–Crippen MR) is 67.7 cm³/mol. The van der Waals surface area contributed by atoms with Gasteiger partial charge in [0.1, 0.15) is 17.2 Å². The van der Waals surface area contributed by atoms with Crippen LogP contribution in [0, 0.1) is 5.82 Å². The monoisotopic (exact) mass is 268 g/mol. The van der Waals surface area contributed by atoms with E-state index < -0.39 is 5.82 Å². The van der Waals surface area contributed by atoms with Crippen molar-refractivity contribution in [1.29, 1.82) is 0 Å². The fourth-order valence-electron chi connectivity index (χ4n) is 1.34. The molecule has 0 atom stereocenters. The number of halogens is 2. The summed E-state index contributed by atoms with van der Waals surface area (Å²) in [5.74, 6) is 0.190. The maximum Gasteiger partial charge on any atom is 0.165 e. The van der Waals surface area contributed by atoms with Crippen LogP contribution in [0.5, 0.6) is 5.75 Å². The van der Waals surface area contributed by atoms with Gasteiger partial charge in [-0.1, -0.05) is 11.6 Å². The zero-order chi connectivity index (χ0) is 13.1. The van der Waals surface area contributed by atoms with Gasteiger partial charge in [0.15, 0.2) is 17.4 Å². The average Bonchev–Trinajstić information content (AvgIpc) is 2.37.